The summed E-state index contributed by atoms with van der Waals surface area (Å²) in [6.07, 6.45) is 1.68. The molecule has 0 spiro atoms. The molecule has 0 aliphatic carbocycles. The van der Waals surface area contributed by atoms with E-state index in [-0.39, 0.29) is 0 Å². The van der Waals surface area contributed by atoms with Gasteiger partial charge in [-0.05, 0) is 30.8 Å². The maximum Gasteiger partial charge on any atom is 0.325 e. The Labute approximate surface area is 128 Å². The minimum Gasteiger partial charge on any atom is -0.480 e. The molecule has 0 aromatic heterocycles. The molecule has 0 fully saturated rings. The molecule has 0 aliphatic heterocycles. The fourth-order valence-corrected chi connectivity index (χ4v) is 2.08. The van der Waals surface area contributed by atoms with Crippen molar-refractivity contribution in [3.63, 3.8) is 0 Å². The molecule has 2 aromatic rings. The number of likely N-dealkylation sites (N-methyl/N-ethyl adjacent to an activating group) is 1. The van der Waals surface area contributed by atoms with Crippen molar-refractivity contribution in [2.45, 2.75) is 6.04 Å². The quantitative estimate of drug-likeness (QED) is 0.832. The number of nitrogens with one attached hydrogen (secondary N) is 1. The van der Waals surface area contributed by atoms with Gasteiger partial charge in [0, 0.05) is 16.8 Å². The molecule has 0 heterocycles. The number of benzene rings is 2. The largest absolute Gasteiger partial charge is 0.480 e. The van der Waals surface area contributed by atoms with Gasteiger partial charge in [0.2, 0.25) is 0 Å². The van der Waals surface area contributed by atoms with Crippen molar-refractivity contribution in [1.29, 1.82) is 0 Å². The highest BCUT2D eigenvalue weighted by Crippen LogP contribution is 2.25. The van der Waals surface area contributed by atoms with Crippen LogP contribution < -0.4 is 5.32 Å². The number of rotatable bonds is 5. The molecule has 0 saturated heterocycles. The van der Waals surface area contributed by atoms with Gasteiger partial charge in [-0.3, -0.25) is 9.79 Å². The second-order valence-electron chi connectivity index (χ2n) is 4.43. The normalized spacial score (nSPS) is 12.5. The smallest absolute Gasteiger partial charge is 0.325 e. The lowest BCUT2D eigenvalue weighted by Crippen LogP contribution is -2.24. The lowest BCUT2D eigenvalue weighted by Gasteiger charge is -2.13. The van der Waals surface area contributed by atoms with Crippen LogP contribution in [0, 0.1) is 0 Å². The SMILES string of the molecule is CNC(C(=O)O)c1ccccc1N=Cc1ccc(Cl)cc1. The summed E-state index contributed by atoms with van der Waals surface area (Å²) in [6.45, 7) is 0. The molecule has 0 saturated carbocycles. The van der Waals surface area contributed by atoms with Gasteiger partial charge in [-0.1, -0.05) is 41.9 Å². The van der Waals surface area contributed by atoms with Crippen molar-refractivity contribution in [3.05, 3.63) is 64.7 Å². The number of para-hydroxylation sites is 1. The Kier molecular flexibility index (Phi) is 5.09. The summed E-state index contributed by atoms with van der Waals surface area (Å²) in [5.41, 5.74) is 2.14. The summed E-state index contributed by atoms with van der Waals surface area (Å²) in [5.74, 6) is -0.938. The molecule has 108 valence electrons. The number of carboxylic acid groups (broad SMARTS) is 1. The molecule has 5 heteroatoms. The Morgan fingerprint density at radius 2 is 1.90 bits per heavy atom. The lowest BCUT2D eigenvalue weighted by atomic mass is 10.1. The van der Waals surface area contributed by atoms with Gasteiger partial charge in [0.15, 0.2) is 0 Å². The Bertz CT molecular complexity index is 654. The fourth-order valence-electron chi connectivity index (χ4n) is 1.95. The Morgan fingerprint density at radius 1 is 1.24 bits per heavy atom. The van der Waals surface area contributed by atoms with Gasteiger partial charge in [-0.15, -0.1) is 0 Å². The number of aliphatic imine (C=N–C) groups is 1. The zero-order chi connectivity index (χ0) is 15.2. The highest BCUT2D eigenvalue weighted by atomic mass is 35.5. The van der Waals surface area contributed by atoms with E-state index < -0.39 is 12.0 Å². The molecular weight excluding hydrogens is 288 g/mol. The summed E-state index contributed by atoms with van der Waals surface area (Å²) in [7, 11) is 1.61. The van der Waals surface area contributed by atoms with E-state index in [1.165, 1.54) is 0 Å². The number of halogens is 1. The first kappa shape index (κ1) is 15.2. The van der Waals surface area contributed by atoms with E-state index in [0.29, 0.717) is 16.3 Å². The molecule has 0 bridgehead atoms. The molecule has 4 nitrogen and oxygen atoms in total. The molecule has 1 atom stereocenters. The van der Waals surface area contributed by atoms with Crippen molar-refractivity contribution in [3.8, 4) is 0 Å². The standard InChI is InChI=1S/C16H15ClN2O2/c1-18-15(16(20)21)13-4-2-3-5-14(13)19-10-11-6-8-12(17)9-7-11/h2-10,15,18H,1H3,(H,20,21). The van der Waals surface area contributed by atoms with Crippen LogP contribution >= 0.6 is 11.6 Å². The molecule has 2 N–H and O–H groups in total. The van der Waals surface area contributed by atoms with E-state index in [0.717, 1.165) is 5.56 Å². The van der Waals surface area contributed by atoms with E-state index in [9.17, 15) is 9.90 Å². The molecule has 0 aliphatic rings. The number of nitrogens with zero attached hydrogens (tertiary/aromatic N) is 1. The first-order chi connectivity index (χ1) is 10.1. The number of hydrogen-bond donors (Lipinski definition) is 2. The van der Waals surface area contributed by atoms with Crippen LogP contribution in [0.3, 0.4) is 0 Å². The first-order valence-corrected chi connectivity index (χ1v) is 6.78. The van der Waals surface area contributed by atoms with Crippen LogP contribution in [-0.4, -0.2) is 24.3 Å². The van der Waals surface area contributed by atoms with Gasteiger partial charge in [-0.2, -0.15) is 0 Å². The third-order valence-electron chi connectivity index (χ3n) is 3.01. The average Bonchev–Trinajstić information content (AvgIpc) is 2.48. The van der Waals surface area contributed by atoms with E-state index >= 15 is 0 Å². The van der Waals surface area contributed by atoms with Crippen LogP contribution in [0.25, 0.3) is 0 Å². The summed E-state index contributed by atoms with van der Waals surface area (Å²) in [6, 6.07) is 13.6. The van der Waals surface area contributed by atoms with Crippen molar-refractivity contribution in [1.82, 2.24) is 5.32 Å². The third-order valence-corrected chi connectivity index (χ3v) is 3.26. The summed E-state index contributed by atoms with van der Waals surface area (Å²) < 4.78 is 0. The van der Waals surface area contributed by atoms with Crippen molar-refractivity contribution in [2.24, 2.45) is 4.99 Å². The predicted octanol–water partition coefficient (Wildman–Crippen LogP) is 3.44. The van der Waals surface area contributed by atoms with Crippen molar-refractivity contribution >= 4 is 29.5 Å². The van der Waals surface area contributed by atoms with Crippen molar-refractivity contribution in [2.75, 3.05) is 7.05 Å². The maximum absolute atomic E-state index is 11.3. The van der Waals surface area contributed by atoms with Crippen LogP contribution in [0.4, 0.5) is 5.69 Å². The molecular formula is C16H15ClN2O2. The van der Waals surface area contributed by atoms with Gasteiger partial charge in [0.25, 0.3) is 0 Å². The molecule has 21 heavy (non-hydrogen) atoms. The van der Waals surface area contributed by atoms with E-state index in [2.05, 4.69) is 10.3 Å². The first-order valence-electron chi connectivity index (χ1n) is 6.40. The van der Waals surface area contributed by atoms with Crippen LogP contribution in [0.2, 0.25) is 5.02 Å². The zero-order valence-electron chi connectivity index (χ0n) is 11.5. The fraction of sp³-hybridized carbons (Fsp3) is 0.125. The monoisotopic (exact) mass is 302 g/mol. The Morgan fingerprint density at radius 3 is 2.52 bits per heavy atom. The van der Waals surface area contributed by atoms with E-state index in [1.807, 2.05) is 18.2 Å². The van der Waals surface area contributed by atoms with Crippen LogP contribution in [0.5, 0.6) is 0 Å². The number of carboxylic acids is 1. The number of aliphatic carboxylic acids is 1. The average molecular weight is 303 g/mol. The van der Waals surface area contributed by atoms with E-state index in [1.54, 1.807) is 43.6 Å². The van der Waals surface area contributed by atoms with Gasteiger partial charge in [0.1, 0.15) is 6.04 Å². The molecule has 2 rings (SSSR count). The Balaban J connectivity index is 2.32. The lowest BCUT2D eigenvalue weighted by molar-refractivity contribution is -0.139. The topological polar surface area (TPSA) is 61.7 Å². The zero-order valence-corrected chi connectivity index (χ0v) is 12.2. The second-order valence-corrected chi connectivity index (χ2v) is 4.86. The minimum absolute atomic E-state index is 0.620. The van der Waals surface area contributed by atoms with Crippen LogP contribution in [-0.2, 0) is 4.79 Å². The van der Waals surface area contributed by atoms with Gasteiger partial charge < -0.3 is 10.4 Å². The van der Waals surface area contributed by atoms with Crippen molar-refractivity contribution < 1.29 is 9.90 Å². The summed E-state index contributed by atoms with van der Waals surface area (Å²) in [5, 5.41) is 12.7. The molecule has 2 aromatic carbocycles. The summed E-state index contributed by atoms with van der Waals surface area (Å²) in [4.78, 5) is 15.7. The van der Waals surface area contributed by atoms with Gasteiger partial charge in [0.05, 0.1) is 5.69 Å². The van der Waals surface area contributed by atoms with Gasteiger partial charge in [-0.25, -0.2) is 0 Å². The van der Waals surface area contributed by atoms with Crippen LogP contribution in [0.15, 0.2) is 53.5 Å². The number of carbonyl (C=O) groups is 1. The maximum atomic E-state index is 11.3. The molecule has 1 unspecified atom stereocenters. The van der Waals surface area contributed by atoms with Gasteiger partial charge >= 0.3 is 5.97 Å². The second kappa shape index (κ2) is 7.02. The third kappa shape index (κ3) is 3.90. The summed E-state index contributed by atoms with van der Waals surface area (Å²) >= 11 is 5.83. The highest BCUT2D eigenvalue weighted by molar-refractivity contribution is 6.30. The predicted molar refractivity (Wildman–Crippen MR) is 84.6 cm³/mol. The van der Waals surface area contributed by atoms with Crippen LogP contribution in [0.1, 0.15) is 17.2 Å². The van der Waals surface area contributed by atoms with E-state index in [4.69, 9.17) is 11.6 Å². The minimum atomic E-state index is -0.938. The highest BCUT2D eigenvalue weighted by Gasteiger charge is 2.19. The Hall–Kier alpha value is -2.17. The molecule has 0 amide bonds. The molecule has 0 radical (unpaired) electrons. The number of hydrogen-bond acceptors (Lipinski definition) is 3.